The van der Waals surface area contributed by atoms with Crippen LogP contribution in [-0.2, 0) is 6.42 Å². The van der Waals surface area contributed by atoms with Crippen LogP contribution in [0.1, 0.15) is 17.5 Å². The Balaban J connectivity index is 1.88. The molecular weight excluding hydrogens is 236 g/mol. The highest BCUT2D eigenvalue weighted by Gasteiger charge is 2.13. The van der Waals surface area contributed by atoms with Crippen molar-refractivity contribution >= 4 is 10.9 Å². The third-order valence-electron chi connectivity index (χ3n) is 3.30. The molecule has 0 saturated heterocycles. The number of fused-ring (bicyclic) bond motifs is 1. The molecule has 96 valence electrons. The fourth-order valence-corrected chi connectivity index (χ4v) is 2.27. The van der Waals surface area contributed by atoms with Crippen LogP contribution in [0.2, 0.25) is 0 Å². The van der Waals surface area contributed by atoms with Crippen molar-refractivity contribution in [2.75, 3.05) is 7.05 Å². The van der Waals surface area contributed by atoms with Gasteiger partial charge in [-0.3, -0.25) is 4.98 Å². The molecular formula is C16H16N2O. The minimum atomic E-state index is 0.156. The quantitative estimate of drug-likeness (QED) is 0.774. The van der Waals surface area contributed by atoms with Gasteiger partial charge in [-0.2, -0.15) is 0 Å². The van der Waals surface area contributed by atoms with E-state index in [2.05, 4.69) is 23.5 Å². The van der Waals surface area contributed by atoms with Gasteiger partial charge in [0.05, 0.1) is 17.8 Å². The molecule has 0 fully saturated rings. The van der Waals surface area contributed by atoms with Crippen LogP contribution in [0, 0.1) is 0 Å². The van der Waals surface area contributed by atoms with E-state index in [1.54, 1.807) is 6.26 Å². The molecule has 2 heterocycles. The number of nitrogens with one attached hydrogen (secondary N) is 1. The molecule has 3 nitrogen and oxygen atoms in total. The number of rotatable bonds is 4. The first-order chi connectivity index (χ1) is 9.36. The number of likely N-dealkylation sites (N-methyl/N-ethyl adjacent to an activating group) is 1. The van der Waals surface area contributed by atoms with Crippen molar-refractivity contribution in [2.45, 2.75) is 12.5 Å². The molecule has 0 amide bonds. The van der Waals surface area contributed by atoms with Gasteiger partial charge in [-0.1, -0.05) is 24.3 Å². The van der Waals surface area contributed by atoms with Crippen molar-refractivity contribution in [2.24, 2.45) is 0 Å². The summed E-state index contributed by atoms with van der Waals surface area (Å²) in [6, 6.07) is 16.4. The van der Waals surface area contributed by atoms with Crippen molar-refractivity contribution in [1.82, 2.24) is 10.3 Å². The first-order valence-corrected chi connectivity index (χ1v) is 6.42. The standard InChI is InChI=1S/C16H16N2O/c1-17-15(16-7-4-10-19-16)11-13-9-8-12-5-2-3-6-14(12)18-13/h2-10,15,17H,11H2,1H3. The van der Waals surface area contributed by atoms with Crippen molar-refractivity contribution < 1.29 is 4.42 Å². The second-order valence-corrected chi connectivity index (χ2v) is 4.56. The minimum absolute atomic E-state index is 0.156. The molecule has 0 saturated carbocycles. The fourth-order valence-electron chi connectivity index (χ4n) is 2.27. The molecule has 0 bridgehead atoms. The largest absolute Gasteiger partial charge is 0.468 e. The molecule has 1 aromatic carbocycles. The van der Waals surface area contributed by atoms with E-state index >= 15 is 0 Å². The van der Waals surface area contributed by atoms with Crippen molar-refractivity contribution in [3.8, 4) is 0 Å². The lowest BCUT2D eigenvalue weighted by molar-refractivity contribution is 0.427. The summed E-state index contributed by atoms with van der Waals surface area (Å²) in [4.78, 5) is 4.69. The van der Waals surface area contributed by atoms with Gasteiger partial charge in [0, 0.05) is 17.5 Å². The number of hydrogen-bond donors (Lipinski definition) is 1. The number of benzene rings is 1. The fraction of sp³-hybridized carbons (Fsp3) is 0.188. The van der Waals surface area contributed by atoms with E-state index in [0.717, 1.165) is 23.4 Å². The Labute approximate surface area is 112 Å². The zero-order chi connectivity index (χ0) is 13.1. The van der Waals surface area contributed by atoms with E-state index in [1.807, 2.05) is 37.4 Å². The second-order valence-electron chi connectivity index (χ2n) is 4.56. The van der Waals surface area contributed by atoms with Gasteiger partial charge in [0.15, 0.2) is 0 Å². The second kappa shape index (κ2) is 5.24. The minimum Gasteiger partial charge on any atom is -0.468 e. The third kappa shape index (κ3) is 2.51. The Morgan fingerprint density at radius 3 is 2.79 bits per heavy atom. The number of nitrogens with zero attached hydrogens (tertiary/aromatic N) is 1. The SMILES string of the molecule is CNC(Cc1ccc2ccccc2n1)c1ccco1. The molecule has 3 rings (SSSR count). The van der Waals surface area contributed by atoms with Gasteiger partial charge in [0.25, 0.3) is 0 Å². The van der Waals surface area contributed by atoms with E-state index in [0.29, 0.717) is 0 Å². The molecule has 3 aromatic rings. The van der Waals surface area contributed by atoms with Crippen LogP contribution in [0.25, 0.3) is 10.9 Å². The van der Waals surface area contributed by atoms with E-state index in [9.17, 15) is 0 Å². The molecule has 1 unspecified atom stereocenters. The number of hydrogen-bond acceptors (Lipinski definition) is 3. The number of aromatic nitrogens is 1. The Kier molecular flexibility index (Phi) is 3.29. The molecule has 19 heavy (non-hydrogen) atoms. The highest BCUT2D eigenvalue weighted by Crippen LogP contribution is 2.19. The van der Waals surface area contributed by atoms with Crippen LogP contribution < -0.4 is 5.32 Å². The summed E-state index contributed by atoms with van der Waals surface area (Å²) >= 11 is 0. The average Bonchev–Trinajstić information content (AvgIpc) is 2.98. The van der Waals surface area contributed by atoms with Crippen LogP contribution in [0.3, 0.4) is 0 Å². The van der Waals surface area contributed by atoms with Crippen LogP contribution in [0.5, 0.6) is 0 Å². The van der Waals surface area contributed by atoms with Crippen molar-refractivity contribution in [3.63, 3.8) is 0 Å². The van der Waals surface area contributed by atoms with Gasteiger partial charge in [0.1, 0.15) is 5.76 Å². The van der Waals surface area contributed by atoms with Crippen LogP contribution >= 0.6 is 0 Å². The highest BCUT2D eigenvalue weighted by molar-refractivity contribution is 5.78. The molecule has 0 spiro atoms. The zero-order valence-electron chi connectivity index (χ0n) is 10.8. The van der Waals surface area contributed by atoms with Crippen molar-refractivity contribution in [1.29, 1.82) is 0 Å². The summed E-state index contributed by atoms with van der Waals surface area (Å²) in [5.41, 5.74) is 2.10. The lowest BCUT2D eigenvalue weighted by Gasteiger charge is -2.13. The highest BCUT2D eigenvalue weighted by atomic mass is 16.3. The predicted octanol–water partition coefficient (Wildman–Crippen LogP) is 3.33. The number of para-hydroxylation sites is 1. The smallest absolute Gasteiger partial charge is 0.121 e. The molecule has 0 radical (unpaired) electrons. The van der Waals surface area contributed by atoms with Gasteiger partial charge < -0.3 is 9.73 Å². The Morgan fingerprint density at radius 2 is 2.00 bits per heavy atom. The molecule has 0 aliphatic rings. The van der Waals surface area contributed by atoms with Crippen LogP contribution in [-0.4, -0.2) is 12.0 Å². The van der Waals surface area contributed by atoms with Crippen LogP contribution in [0.15, 0.2) is 59.2 Å². The lowest BCUT2D eigenvalue weighted by Crippen LogP contribution is -2.18. The van der Waals surface area contributed by atoms with Gasteiger partial charge in [0.2, 0.25) is 0 Å². The maximum absolute atomic E-state index is 5.46. The monoisotopic (exact) mass is 252 g/mol. The van der Waals surface area contributed by atoms with E-state index in [1.165, 1.54) is 5.39 Å². The zero-order valence-corrected chi connectivity index (χ0v) is 10.8. The topological polar surface area (TPSA) is 38.1 Å². The molecule has 1 atom stereocenters. The lowest BCUT2D eigenvalue weighted by atomic mass is 10.1. The Hall–Kier alpha value is -2.13. The van der Waals surface area contributed by atoms with E-state index in [-0.39, 0.29) is 6.04 Å². The number of furan rings is 1. The molecule has 1 N–H and O–H groups in total. The summed E-state index contributed by atoms with van der Waals surface area (Å²) < 4.78 is 5.46. The molecule has 3 heteroatoms. The maximum atomic E-state index is 5.46. The summed E-state index contributed by atoms with van der Waals surface area (Å²) in [6.07, 6.45) is 2.52. The van der Waals surface area contributed by atoms with Crippen molar-refractivity contribution in [3.05, 3.63) is 66.2 Å². The third-order valence-corrected chi connectivity index (χ3v) is 3.30. The summed E-state index contributed by atoms with van der Waals surface area (Å²) in [5, 5.41) is 4.44. The van der Waals surface area contributed by atoms with Gasteiger partial charge >= 0.3 is 0 Å². The average molecular weight is 252 g/mol. The van der Waals surface area contributed by atoms with E-state index in [4.69, 9.17) is 9.40 Å². The van der Waals surface area contributed by atoms with Gasteiger partial charge in [-0.05, 0) is 31.3 Å². The Bertz CT molecular complexity index is 661. The van der Waals surface area contributed by atoms with E-state index < -0.39 is 0 Å². The predicted molar refractivity (Wildman–Crippen MR) is 76.0 cm³/mol. The summed E-state index contributed by atoms with van der Waals surface area (Å²) in [7, 11) is 1.94. The molecule has 0 aliphatic heterocycles. The first kappa shape index (κ1) is 11.9. The summed E-state index contributed by atoms with van der Waals surface area (Å²) in [6.45, 7) is 0. The van der Waals surface area contributed by atoms with Gasteiger partial charge in [-0.15, -0.1) is 0 Å². The normalized spacial score (nSPS) is 12.7. The Morgan fingerprint density at radius 1 is 1.11 bits per heavy atom. The number of pyridine rings is 1. The molecule has 2 aromatic heterocycles. The molecule has 0 aliphatic carbocycles. The summed E-state index contributed by atoms with van der Waals surface area (Å²) in [5.74, 6) is 0.942. The maximum Gasteiger partial charge on any atom is 0.121 e. The first-order valence-electron chi connectivity index (χ1n) is 6.42. The van der Waals surface area contributed by atoms with Gasteiger partial charge in [-0.25, -0.2) is 0 Å². The van der Waals surface area contributed by atoms with Crippen LogP contribution in [0.4, 0.5) is 0 Å².